The first-order valence-corrected chi connectivity index (χ1v) is 8.26. The molecule has 0 spiro atoms. The molecular weight excluding hydrogens is 288 g/mol. The Morgan fingerprint density at radius 1 is 1.33 bits per heavy atom. The summed E-state index contributed by atoms with van der Waals surface area (Å²) >= 11 is 0. The second kappa shape index (κ2) is 5.25. The van der Waals surface area contributed by atoms with Crippen LogP contribution in [0.1, 0.15) is 17.0 Å². The van der Waals surface area contributed by atoms with E-state index in [4.69, 9.17) is 5.73 Å². The molecule has 2 N–H and O–H groups in total. The van der Waals surface area contributed by atoms with E-state index in [1.807, 2.05) is 17.7 Å². The quantitative estimate of drug-likeness (QED) is 0.911. The summed E-state index contributed by atoms with van der Waals surface area (Å²) < 4.78 is 28.9. The van der Waals surface area contributed by atoms with Gasteiger partial charge in [-0.2, -0.15) is 4.31 Å². The Morgan fingerprint density at radius 3 is 2.86 bits per heavy atom. The molecule has 112 valence electrons. The molecule has 6 nitrogen and oxygen atoms in total. The number of sulfonamides is 1. The summed E-state index contributed by atoms with van der Waals surface area (Å²) in [7, 11) is -3.49. The molecule has 0 aliphatic carbocycles. The number of imidazole rings is 1. The molecule has 7 heteroatoms. The molecular formula is C14H18N4O2S. The van der Waals surface area contributed by atoms with Crippen LogP contribution in [0, 0.1) is 6.92 Å². The van der Waals surface area contributed by atoms with Crippen molar-refractivity contribution < 1.29 is 8.42 Å². The van der Waals surface area contributed by atoms with Crippen molar-refractivity contribution in [3.05, 3.63) is 47.5 Å². The minimum atomic E-state index is -3.49. The monoisotopic (exact) mass is 306 g/mol. The maximum absolute atomic E-state index is 12.7. The Kier molecular flexibility index (Phi) is 3.56. The maximum atomic E-state index is 12.7. The van der Waals surface area contributed by atoms with E-state index in [2.05, 4.69) is 4.98 Å². The van der Waals surface area contributed by atoms with Crippen LogP contribution in [0.25, 0.3) is 0 Å². The van der Waals surface area contributed by atoms with Gasteiger partial charge in [0.05, 0.1) is 11.4 Å². The summed E-state index contributed by atoms with van der Waals surface area (Å²) in [5, 5.41) is 0. The number of rotatable bonds is 3. The number of nitrogens with zero attached hydrogens (tertiary/aromatic N) is 3. The van der Waals surface area contributed by atoms with E-state index < -0.39 is 10.0 Å². The third-order valence-electron chi connectivity index (χ3n) is 3.88. The van der Waals surface area contributed by atoms with Gasteiger partial charge in [-0.15, -0.1) is 0 Å². The maximum Gasteiger partial charge on any atom is 0.243 e. The number of aromatic nitrogens is 2. The van der Waals surface area contributed by atoms with Crippen LogP contribution in [-0.4, -0.2) is 28.8 Å². The molecule has 0 saturated carbocycles. The fourth-order valence-corrected chi connectivity index (χ4v) is 4.03. The van der Waals surface area contributed by atoms with E-state index in [9.17, 15) is 8.42 Å². The molecule has 2 heterocycles. The second-order valence-electron chi connectivity index (χ2n) is 5.17. The van der Waals surface area contributed by atoms with Gasteiger partial charge in [-0.05, 0) is 30.2 Å². The van der Waals surface area contributed by atoms with Crippen LogP contribution in [0.3, 0.4) is 0 Å². The zero-order valence-electron chi connectivity index (χ0n) is 11.9. The molecule has 1 aromatic carbocycles. The average molecular weight is 306 g/mol. The van der Waals surface area contributed by atoms with Crippen LogP contribution in [0.2, 0.25) is 0 Å². The van der Waals surface area contributed by atoms with Crippen LogP contribution in [0.4, 0.5) is 0 Å². The molecule has 21 heavy (non-hydrogen) atoms. The lowest BCUT2D eigenvalue weighted by molar-refractivity contribution is 0.335. The Morgan fingerprint density at radius 2 is 2.14 bits per heavy atom. The highest BCUT2D eigenvalue weighted by molar-refractivity contribution is 7.89. The minimum Gasteiger partial charge on any atom is -0.333 e. The van der Waals surface area contributed by atoms with E-state index in [0.717, 1.165) is 17.0 Å². The summed E-state index contributed by atoms with van der Waals surface area (Å²) in [5.74, 6) is 0.778. The Balaban J connectivity index is 1.93. The number of fused-ring (bicyclic) bond motifs is 1. The lowest BCUT2D eigenvalue weighted by Crippen LogP contribution is -2.38. The summed E-state index contributed by atoms with van der Waals surface area (Å²) in [5.41, 5.74) is 7.48. The van der Waals surface area contributed by atoms with Crippen LogP contribution in [0.15, 0.2) is 35.5 Å². The highest BCUT2D eigenvalue weighted by atomic mass is 32.2. The number of hydrogen-bond donors (Lipinski definition) is 1. The molecule has 0 bridgehead atoms. The van der Waals surface area contributed by atoms with Gasteiger partial charge in [0.1, 0.15) is 5.82 Å². The third-order valence-corrected chi connectivity index (χ3v) is 5.72. The highest BCUT2D eigenvalue weighted by Gasteiger charge is 2.29. The molecule has 0 atom stereocenters. The molecule has 3 rings (SSSR count). The standard InChI is InChI=1S/C14H18N4O2S/c1-11-8-13(3-2-12(11)9-15)21(19,20)18-7-6-17-5-4-16-14(17)10-18/h2-5,8H,6-7,9-10,15H2,1H3. The zero-order valence-corrected chi connectivity index (χ0v) is 12.7. The van der Waals surface area contributed by atoms with Crippen molar-refractivity contribution in [1.29, 1.82) is 0 Å². The first-order valence-electron chi connectivity index (χ1n) is 6.82. The largest absolute Gasteiger partial charge is 0.333 e. The molecule has 1 aliphatic heterocycles. The van der Waals surface area contributed by atoms with Gasteiger partial charge in [-0.25, -0.2) is 13.4 Å². The Hall–Kier alpha value is -1.70. The van der Waals surface area contributed by atoms with Crippen molar-refractivity contribution in [3.8, 4) is 0 Å². The first-order chi connectivity index (χ1) is 10.0. The van der Waals surface area contributed by atoms with Crippen molar-refractivity contribution in [3.63, 3.8) is 0 Å². The average Bonchev–Trinajstić information content (AvgIpc) is 2.94. The SMILES string of the molecule is Cc1cc(S(=O)(=O)N2CCn3ccnc3C2)ccc1CN. The van der Waals surface area contributed by atoms with E-state index in [-0.39, 0.29) is 0 Å². The zero-order chi connectivity index (χ0) is 15.0. The van der Waals surface area contributed by atoms with Crippen molar-refractivity contribution in [2.75, 3.05) is 6.54 Å². The van der Waals surface area contributed by atoms with Gasteiger partial charge >= 0.3 is 0 Å². The second-order valence-corrected chi connectivity index (χ2v) is 7.11. The van der Waals surface area contributed by atoms with Gasteiger partial charge < -0.3 is 10.3 Å². The lowest BCUT2D eigenvalue weighted by atomic mass is 10.1. The molecule has 1 aromatic heterocycles. The van der Waals surface area contributed by atoms with Crippen molar-refractivity contribution >= 4 is 10.0 Å². The van der Waals surface area contributed by atoms with Crippen LogP contribution in [-0.2, 0) is 29.7 Å². The summed E-state index contributed by atoms with van der Waals surface area (Å²) in [4.78, 5) is 4.52. The molecule has 2 aromatic rings. The van der Waals surface area contributed by atoms with Crippen molar-refractivity contribution in [1.82, 2.24) is 13.9 Å². The Bertz CT molecular complexity index is 767. The third kappa shape index (κ3) is 2.48. The van der Waals surface area contributed by atoms with Gasteiger partial charge in [0.15, 0.2) is 0 Å². The smallest absolute Gasteiger partial charge is 0.243 e. The number of aryl methyl sites for hydroxylation is 1. The number of nitrogens with two attached hydrogens (primary N) is 1. The molecule has 0 radical (unpaired) electrons. The van der Waals surface area contributed by atoms with Gasteiger partial charge in [0, 0.05) is 32.0 Å². The van der Waals surface area contributed by atoms with Gasteiger partial charge in [0.2, 0.25) is 10.0 Å². The van der Waals surface area contributed by atoms with Crippen molar-refractivity contribution in [2.45, 2.75) is 31.5 Å². The van der Waals surface area contributed by atoms with E-state index in [1.165, 1.54) is 4.31 Å². The molecule has 1 aliphatic rings. The molecule has 0 fully saturated rings. The fourth-order valence-electron chi connectivity index (χ4n) is 2.56. The van der Waals surface area contributed by atoms with Crippen LogP contribution in [0.5, 0.6) is 0 Å². The molecule has 0 unspecified atom stereocenters. The topological polar surface area (TPSA) is 81.2 Å². The number of benzene rings is 1. The van der Waals surface area contributed by atoms with Gasteiger partial charge in [-0.1, -0.05) is 6.07 Å². The number of hydrogen-bond acceptors (Lipinski definition) is 4. The summed E-state index contributed by atoms with van der Waals surface area (Å²) in [6.45, 7) is 3.70. The first kappa shape index (κ1) is 14.2. The minimum absolute atomic E-state index is 0.313. The molecule has 0 amide bonds. The predicted molar refractivity (Wildman–Crippen MR) is 78.9 cm³/mol. The predicted octanol–water partition coefficient (Wildman–Crippen LogP) is 0.855. The molecule has 0 saturated heterocycles. The van der Waals surface area contributed by atoms with Gasteiger partial charge in [0.25, 0.3) is 0 Å². The van der Waals surface area contributed by atoms with E-state index >= 15 is 0 Å². The van der Waals surface area contributed by atoms with Crippen molar-refractivity contribution in [2.24, 2.45) is 5.73 Å². The van der Waals surface area contributed by atoms with E-state index in [0.29, 0.717) is 31.1 Å². The Labute approximate surface area is 124 Å². The summed E-state index contributed by atoms with van der Waals surface area (Å²) in [6.07, 6.45) is 3.57. The normalized spacial score (nSPS) is 15.9. The van der Waals surface area contributed by atoms with Crippen LogP contribution >= 0.6 is 0 Å². The van der Waals surface area contributed by atoms with E-state index in [1.54, 1.807) is 24.4 Å². The fraction of sp³-hybridized carbons (Fsp3) is 0.357. The van der Waals surface area contributed by atoms with Crippen LogP contribution < -0.4 is 5.73 Å². The lowest BCUT2D eigenvalue weighted by Gasteiger charge is -2.27. The van der Waals surface area contributed by atoms with Gasteiger partial charge in [-0.3, -0.25) is 0 Å². The highest BCUT2D eigenvalue weighted by Crippen LogP contribution is 2.22. The summed E-state index contributed by atoms with van der Waals surface area (Å²) in [6, 6.07) is 5.11.